The van der Waals surface area contributed by atoms with Crippen molar-refractivity contribution in [3.63, 3.8) is 0 Å². The average molecular weight is 349 g/mol. The molecule has 0 N–H and O–H groups in total. The minimum Gasteiger partial charge on any atom is -0.493 e. The predicted molar refractivity (Wildman–Crippen MR) is 89.2 cm³/mol. The van der Waals surface area contributed by atoms with Crippen molar-refractivity contribution in [2.75, 3.05) is 40.0 Å². The molecule has 0 radical (unpaired) electrons. The van der Waals surface area contributed by atoms with Gasteiger partial charge in [0.2, 0.25) is 5.75 Å². The fourth-order valence-electron chi connectivity index (χ4n) is 2.95. The molecule has 3 rings (SSSR count). The number of esters is 1. The summed E-state index contributed by atoms with van der Waals surface area (Å²) in [5, 5.41) is 0. The largest absolute Gasteiger partial charge is 0.493 e. The molecular formula is C18H23NO6. The lowest BCUT2D eigenvalue weighted by atomic mass is 9.99. The van der Waals surface area contributed by atoms with Crippen LogP contribution in [-0.2, 0) is 9.53 Å². The summed E-state index contributed by atoms with van der Waals surface area (Å²) in [6.07, 6.45) is 1.97. The van der Waals surface area contributed by atoms with Crippen LogP contribution in [-0.4, -0.2) is 56.8 Å². The molecule has 0 unspecified atom stereocenters. The first-order valence-corrected chi connectivity index (χ1v) is 8.51. The van der Waals surface area contributed by atoms with Gasteiger partial charge in [0.15, 0.2) is 18.1 Å². The van der Waals surface area contributed by atoms with Gasteiger partial charge in [0, 0.05) is 13.1 Å². The standard InChI is InChI=1S/C18H23NO6/c1-12-3-5-19(6-4-12)16(20)11-25-18(21)13-9-14(22-2)17-15(10-13)23-7-8-24-17/h9-10,12H,3-8,11H2,1-2H3. The molecule has 0 aliphatic carbocycles. The lowest BCUT2D eigenvalue weighted by molar-refractivity contribution is -0.135. The van der Waals surface area contributed by atoms with E-state index in [9.17, 15) is 9.59 Å². The zero-order valence-electron chi connectivity index (χ0n) is 14.6. The quantitative estimate of drug-likeness (QED) is 0.773. The van der Waals surface area contributed by atoms with Crippen LogP contribution in [0.25, 0.3) is 0 Å². The Morgan fingerprint density at radius 2 is 1.92 bits per heavy atom. The highest BCUT2D eigenvalue weighted by atomic mass is 16.6. The summed E-state index contributed by atoms with van der Waals surface area (Å²) in [7, 11) is 1.49. The molecule has 2 heterocycles. The number of nitrogens with zero attached hydrogens (tertiary/aromatic N) is 1. The van der Waals surface area contributed by atoms with Crippen molar-refractivity contribution in [3.8, 4) is 17.2 Å². The Morgan fingerprint density at radius 3 is 2.64 bits per heavy atom. The number of hydrogen-bond acceptors (Lipinski definition) is 6. The van der Waals surface area contributed by atoms with Gasteiger partial charge in [-0.15, -0.1) is 0 Å². The first kappa shape index (κ1) is 17.4. The topological polar surface area (TPSA) is 74.3 Å². The van der Waals surface area contributed by atoms with Crippen molar-refractivity contribution >= 4 is 11.9 Å². The molecule has 0 atom stereocenters. The summed E-state index contributed by atoms with van der Waals surface area (Å²) in [5.41, 5.74) is 0.265. The molecule has 7 heteroatoms. The fraction of sp³-hybridized carbons (Fsp3) is 0.556. The summed E-state index contributed by atoms with van der Waals surface area (Å²) in [5.74, 6) is 1.20. The Kier molecular flexibility index (Phi) is 5.31. The number of hydrogen-bond donors (Lipinski definition) is 0. The van der Waals surface area contributed by atoms with E-state index in [1.165, 1.54) is 13.2 Å². The molecule has 25 heavy (non-hydrogen) atoms. The van der Waals surface area contributed by atoms with E-state index in [4.69, 9.17) is 18.9 Å². The summed E-state index contributed by atoms with van der Waals surface area (Å²) >= 11 is 0. The molecule has 2 aliphatic rings. The number of amides is 1. The van der Waals surface area contributed by atoms with Crippen LogP contribution in [0.3, 0.4) is 0 Å². The summed E-state index contributed by atoms with van der Waals surface area (Å²) in [4.78, 5) is 26.2. The average Bonchev–Trinajstić information content (AvgIpc) is 2.65. The first-order chi connectivity index (χ1) is 12.1. The highest BCUT2D eigenvalue weighted by Crippen LogP contribution is 2.40. The van der Waals surface area contributed by atoms with Gasteiger partial charge in [0.05, 0.1) is 12.7 Å². The second kappa shape index (κ2) is 7.63. The maximum atomic E-state index is 12.3. The molecule has 7 nitrogen and oxygen atoms in total. The summed E-state index contributed by atoms with van der Waals surface area (Å²) in [6, 6.07) is 3.08. The number of benzene rings is 1. The minimum atomic E-state index is -0.589. The molecule has 1 amide bonds. The second-order valence-electron chi connectivity index (χ2n) is 6.34. The normalized spacial score (nSPS) is 17.1. The van der Waals surface area contributed by atoms with Gasteiger partial charge in [-0.1, -0.05) is 6.92 Å². The molecule has 0 bridgehead atoms. The molecule has 136 valence electrons. The minimum absolute atomic E-state index is 0.162. The van der Waals surface area contributed by atoms with E-state index in [0.29, 0.717) is 36.4 Å². The van der Waals surface area contributed by atoms with Crippen LogP contribution in [0.5, 0.6) is 17.2 Å². The van der Waals surface area contributed by atoms with Gasteiger partial charge in [0.1, 0.15) is 13.2 Å². The third-order valence-corrected chi connectivity index (χ3v) is 4.53. The van der Waals surface area contributed by atoms with Crippen LogP contribution in [0.2, 0.25) is 0 Å². The number of carbonyl (C=O) groups is 2. The summed E-state index contributed by atoms with van der Waals surface area (Å²) < 4.78 is 21.4. The third kappa shape index (κ3) is 3.97. The molecule has 1 aromatic rings. The molecular weight excluding hydrogens is 326 g/mol. The van der Waals surface area contributed by atoms with Crippen molar-refractivity contribution in [2.24, 2.45) is 5.92 Å². The molecule has 1 aromatic carbocycles. The third-order valence-electron chi connectivity index (χ3n) is 4.53. The molecule has 2 aliphatic heterocycles. The van der Waals surface area contributed by atoms with E-state index in [1.807, 2.05) is 0 Å². The van der Waals surface area contributed by atoms with Crippen LogP contribution in [0.4, 0.5) is 0 Å². The van der Waals surface area contributed by atoms with Crippen molar-refractivity contribution in [1.82, 2.24) is 4.90 Å². The smallest absolute Gasteiger partial charge is 0.338 e. The van der Waals surface area contributed by atoms with Crippen LogP contribution in [0.15, 0.2) is 12.1 Å². The van der Waals surface area contributed by atoms with Crippen molar-refractivity contribution in [3.05, 3.63) is 17.7 Å². The number of piperidine rings is 1. The molecule has 1 fully saturated rings. The second-order valence-corrected chi connectivity index (χ2v) is 6.34. The van der Waals surface area contributed by atoms with Gasteiger partial charge < -0.3 is 23.8 Å². The predicted octanol–water partition coefficient (Wildman–Crippen LogP) is 1.88. The zero-order chi connectivity index (χ0) is 17.8. The Bertz CT molecular complexity index is 634. The van der Waals surface area contributed by atoms with Crippen molar-refractivity contribution in [2.45, 2.75) is 19.8 Å². The van der Waals surface area contributed by atoms with E-state index >= 15 is 0 Å². The van der Waals surface area contributed by atoms with Gasteiger partial charge in [-0.3, -0.25) is 4.79 Å². The van der Waals surface area contributed by atoms with Gasteiger partial charge in [-0.05, 0) is 30.9 Å². The fourth-order valence-corrected chi connectivity index (χ4v) is 2.95. The highest BCUT2D eigenvalue weighted by molar-refractivity contribution is 5.92. The number of fused-ring (bicyclic) bond motifs is 1. The lowest BCUT2D eigenvalue weighted by Gasteiger charge is -2.30. The van der Waals surface area contributed by atoms with E-state index in [1.54, 1.807) is 11.0 Å². The Hall–Kier alpha value is -2.44. The van der Waals surface area contributed by atoms with Crippen molar-refractivity contribution in [1.29, 1.82) is 0 Å². The van der Waals surface area contributed by atoms with E-state index in [-0.39, 0.29) is 18.1 Å². The Labute approximate surface area is 146 Å². The van der Waals surface area contributed by atoms with Gasteiger partial charge in [-0.25, -0.2) is 4.79 Å². The monoisotopic (exact) mass is 349 g/mol. The van der Waals surface area contributed by atoms with Crippen LogP contribution < -0.4 is 14.2 Å². The van der Waals surface area contributed by atoms with E-state index < -0.39 is 5.97 Å². The van der Waals surface area contributed by atoms with E-state index in [2.05, 4.69) is 6.92 Å². The van der Waals surface area contributed by atoms with Gasteiger partial charge >= 0.3 is 5.97 Å². The van der Waals surface area contributed by atoms with Crippen LogP contribution in [0, 0.1) is 5.92 Å². The molecule has 0 saturated carbocycles. The first-order valence-electron chi connectivity index (χ1n) is 8.51. The Balaban J connectivity index is 1.62. The Morgan fingerprint density at radius 1 is 1.20 bits per heavy atom. The number of carbonyl (C=O) groups excluding carboxylic acids is 2. The molecule has 0 spiro atoms. The summed E-state index contributed by atoms with van der Waals surface area (Å²) in [6.45, 7) is 4.18. The number of rotatable bonds is 4. The van der Waals surface area contributed by atoms with Gasteiger partial charge in [0.25, 0.3) is 5.91 Å². The molecule has 0 aromatic heterocycles. The number of likely N-dealkylation sites (tertiary alicyclic amines) is 1. The van der Waals surface area contributed by atoms with Crippen LogP contribution in [0.1, 0.15) is 30.1 Å². The SMILES string of the molecule is COc1cc(C(=O)OCC(=O)N2CCC(C)CC2)cc2c1OCCO2. The van der Waals surface area contributed by atoms with Crippen molar-refractivity contribution < 1.29 is 28.5 Å². The molecule has 1 saturated heterocycles. The van der Waals surface area contributed by atoms with Gasteiger partial charge in [-0.2, -0.15) is 0 Å². The maximum absolute atomic E-state index is 12.3. The maximum Gasteiger partial charge on any atom is 0.338 e. The highest BCUT2D eigenvalue weighted by Gasteiger charge is 2.24. The lowest BCUT2D eigenvalue weighted by Crippen LogP contribution is -2.40. The number of methoxy groups -OCH3 is 1. The number of ether oxygens (including phenoxy) is 4. The zero-order valence-corrected chi connectivity index (χ0v) is 14.6. The van der Waals surface area contributed by atoms with Crippen LogP contribution >= 0.6 is 0 Å². The van der Waals surface area contributed by atoms with E-state index in [0.717, 1.165) is 25.9 Å².